The van der Waals surface area contributed by atoms with E-state index in [1.807, 2.05) is 38.1 Å². The molecule has 0 aliphatic rings. The van der Waals surface area contributed by atoms with E-state index < -0.39 is 0 Å². The lowest BCUT2D eigenvalue weighted by molar-refractivity contribution is 0.242. The molecule has 0 bridgehead atoms. The molecule has 2 nitrogen and oxygen atoms in total. The van der Waals surface area contributed by atoms with Crippen molar-refractivity contribution in [2.24, 2.45) is 5.73 Å². The van der Waals surface area contributed by atoms with Crippen LogP contribution in [0.5, 0.6) is 5.75 Å². The van der Waals surface area contributed by atoms with E-state index in [1.165, 1.54) is 0 Å². The van der Waals surface area contributed by atoms with Gasteiger partial charge in [0.05, 0.1) is 12.1 Å². The Morgan fingerprint density at radius 1 is 1.00 bits per heavy atom. The van der Waals surface area contributed by atoms with Gasteiger partial charge in [-0.15, -0.1) is 0 Å². The number of halogens is 2. The van der Waals surface area contributed by atoms with Gasteiger partial charge in [-0.05, 0) is 43.7 Å². The number of nitrogens with two attached hydrogens (primary N) is 1. The smallest absolute Gasteiger partial charge is 0.120 e. The SMILES string of the molecule is CC(C)Oc1cccc(C(N)c2c(Cl)cccc2Cl)c1. The largest absolute Gasteiger partial charge is 0.491 e. The minimum Gasteiger partial charge on any atom is -0.491 e. The maximum atomic E-state index is 6.29. The lowest BCUT2D eigenvalue weighted by atomic mass is 9.99. The summed E-state index contributed by atoms with van der Waals surface area (Å²) < 4.78 is 5.68. The van der Waals surface area contributed by atoms with Gasteiger partial charge in [-0.2, -0.15) is 0 Å². The standard InChI is InChI=1S/C16H17Cl2NO/c1-10(2)20-12-6-3-5-11(9-12)16(19)15-13(17)7-4-8-14(15)18/h3-10,16H,19H2,1-2H3. The molecule has 2 rings (SSSR count). The van der Waals surface area contributed by atoms with Crippen molar-refractivity contribution in [3.05, 3.63) is 63.6 Å². The zero-order valence-corrected chi connectivity index (χ0v) is 12.9. The number of hydrogen-bond donors (Lipinski definition) is 1. The summed E-state index contributed by atoms with van der Waals surface area (Å²) >= 11 is 12.4. The van der Waals surface area contributed by atoms with Gasteiger partial charge in [-0.1, -0.05) is 41.4 Å². The molecule has 0 aromatic heterocycles. The van der Waals surface area contributed by atoms with Crippen LogP contribution in [0.4, 0.5) is 0 Å². The molecule has 2 N–H and O–H groups in total. The highest BCUT2D eigenvalue weighted by Crippen LogP contribution is 2.33. The summed E-state index contributed by atoms with van der Waals surface area (Å²) in [5.41, 5.74) is 7.94. The zero-order valence-electron chi connectivity index (χ0n) is 11.4. The minimum atomic E-state index is -0.382. The average molecular weight is 310 g/mol. The number of ether oxygens (including phenoxy) is 1. The molecular formula is C16H17Cl2NO. The van der Waals surface area contributed by atoms with Gasteiger partial charge in [0.1, 0.15) is 5.75 Å². The van der Waals surface area contributed by atoms with Crippen LogP contribution in [0.15, 0.2) is 42.5 Å². The van der Waals surface area contributed by atoms with E-state index >= 15 is 0 Å². The van der Waals surface area contributed by atoms with Gasteiger partial charge in [0, 0.05) is 15.6 Å². The second-order valence-electron chi connectivity index (χ2n) is 4.85. The van der Waals surface area contributed by atoms with Gasteiger partial charge >= 0.3 is 0 Å². The summed E-state index contributed by atoms with van der Waals surface area (Å²) in [7, 11) is 0. The van der Waals surface area contributed by atoms with Crippen LogP contribution in [0.3, 0.4) is 0 Å². The fourth-order valence-electron chi connectivity index (χ4n) is 2.03. The molecule has 1 atom stereocenters. The average Bonchev–Trinajstić information content (AvgIpc) is 2.38. The quantitative estimate of drug-likeness (QED) is 0.878. The number of hydrogen-bond acceptors (Lipinski definition) is 2. The summed E-state index contributed by atoms with van der Waals surface area (Å²) in [6, 6.07) is 12.7. The first kappa shape index (κ1) is 15.2. The molecule has 0 radical (unpaired) electrons. The molecule has 0 fully saturated rings. The molecule has 1 unspecified atom stereocenters. The molecule has 20 heavy (non-hydrogen) atoms. The third-order valence-corrected chi connectivity index (χ3v) is 3.56. The Kier molecular flexibility index (Phi) is 4.92. The molecular weight excluding hydrogens is 293 g/mol. The van der Waals surface area contributed by atoms with Gasteiger partial charge in [-0.25, -0.2) is 0 Å². The summed E-state index contributed by atoms with van der Waals surface area (Å²) in [6.45, 7) is 3.97. The summed E-state index contributed by atoms with van der Waals surface area (Å²) in [5.74, 6) is 0.788. The van der Waals surface area contributed by atoms with E-state index in [0.717, 1.165) is 16.9 Å². The normalized spacial score (nSPS) is 12.5. The Labute approximate surface area is 129 Å². The summed E-state index contributed by atoms with van der Waals surface area (Å²) in [4.78, 5) is 0. The lowest BCUT2D eigenvalue weighted by Gasteiger charge is -2.17. The van der Waals surface area contributed by atoms with E-state index in [9.17, 15) is 0 Å². The van der Waals surface area contributed by atoms with Crippen molar-refractivity contribution in [3.8, 4) is 5.75 Å². The Morgan fingerprint density at radius 2 is 1.60 bits per heavy atom. The van der Waals surface area contributed by atoms with Crippen LogP contribution in [0.2, 0.25) is 10.0 Å². The molecule has 0 saturated heterocycles. The van der Waals surface area contributed by atoms with Crippen molar-refractivity contribution >= 4 is 23.2 Å². The number of benzene rings is 2. The molecule has 0 aliphatic carbocycles. The highest BCUT2D eigenvalue weighted by Gasteiger charge is 2.16. The van der Waals surface area contributed by atoms with Gasteiger partial charge in [-0.3, -0.25) is 0 Å². The zero-order chi connectivity index (χ0) is 14.7. The highest BCUT2D eigenvalue weighted by molar-refractivity contribution is 6.36. The van der Waals surface area contributed by atoms with Crippen LogP contribution in [-0.2, 0) is 0 Å². The first-order chi connectivity index (χ1) is 9.49. The maximum absolute atomic E-state index is 6.29. The second kappa shape index (κ2) is 6.49. The molecule has 0 heterocycles. The fourth-order valence-corrected chi connectivity index (χ4v) is 2.66. The lowest BCUT2D eigenvalue weighted by Crippen LogP contribution is -2.13. The molecule has 106 valence electrons. The van der Waals surface area contributed by atoms with Crippen molar-refractivity contribution in [1.29, 1.82) is 0 Å². The monoisotopic (exact) mass is 309 g/mol. The van der Waals surface area contributed by atoms with Crippen molar-refractivity contribution in [2.45, 2.75) is 26.0 Å². The Bertz CT molecular complexity index is 579. The van der Waals surface area contributed by atoms with Gasteiger partial charge in [0.15, 0.2) is 0 Å². The first-order valence-electron chi connectivity index (χ1n) is 6.45. The van der Waals surface area contributed by atoms with E-state index in [-0.39, 0.29) is 12.1 Å². The third-order valence-electron chi connectivity index (χ3n) is 2.90. The predicted octanol–water partition coefficient (Wildman–Crippen LogP) is 4.83. The fraction of sp³-hybridized carbons (Fsp3) is 0.250. The van der Waals surface area contributed by atoms with Crippen molar-refractivity contribution < 1.29 is 4.74 Å². The molecule has 0 saturated carbocycles. The van der Waals surface area contributed by atoms with E-state index in [2.05, 4.69) is 0 Å². The molecule has 2 aromatic rings. The van der Waals surface area contributed by atoms with Crippen LogP contribution < -0.4 is 10.5 Å². The van der Waals surface area contributed by atoms with E-state index in [0.29, 0.717) is 10.0 Å². The van der Waals surface area contributed by atoms with Gasteiger partial charge in [0.25, 0.3) is 0 Å². The van der Waals surface area contributed by atoms with Crippen LogP contribution in [-0.4, -0.2) is 6.10 Å². The minimum absolute atomic E-state index is 0.116. The van der Waals surface area contributed by atoms with Crippen molar-refractivity contribution in [3.63, 3.8) is 0 Å². The van der Waals surface area contributed by atoms with Crippen molar-refractivity contribution in [2.75, 3.05) is 0 Å². The highest BCUT2D eigenvalue weighted by atomic mass is 35.5. The van der Waals surface area contributed by atoms with Crippen LogP contribution in [0.1, 0.15) is 31.0 Å². The second-order valence-corrected chi connectivity index (χ2v) is 5.67. The predicted molar refractivity (Wildman–Crippen MR) is 84.7 cm³/mol. The Hall–Kier alpha value is -1.22. The Morgan fingerprint density at radius 3 is 2.20 bits per heavy atom. The first-order valence-corrected chi connectivity index (χ1v) is 7.20. The van der Waals surface area contributed by atoms with E-state index in [4.69, 9.17) is 33.7 Å². The summed E-state index contributed by atoms with van der Waals surface area (Å²) in [6.07, 6.45) is 0.116. The van der Waals surface area contributed by atoms with Crippen LogP contribution in [0.25, 0.3) is 0 Å². The van der Waals surface area contributed by atoms with Crippen molar-refractivity contribution in [1.82, 2.24) is 0 Å². The van der Waals surface area contributed by atoms with Gasteiger partial charge < -0.3 is 10.5 Å². The molecule has 0 aliphatic heterocycles. The third kappa shape index (κ3) is 3.45. The topological polar surface area (TPSA) is 35.2 Å². The molecule has 2 aromatic carbocycles. The van der Waals surface area contributed by atoms with Crippen LogP contribution in [0, 0.1) is 0 Å². The molecule has 0 amide bonds. The van der Waals surface area contributed by atoms with Gasteiger partial charge in [0.2, 0.25) is 0 Å². The number of rotatable bonds is 4. The summed E-state index contributed by atoms with van der Waals surface area (Å²) in [5, 5.41) is 1.14. The van der Waals surface area contributed by atoms with Crippen LogP contribution >= 0.6 is 23.2 Å². The Balaban J connectivity index is 2.36. The van der Waals surface area contributed by atoms with E-state index in [1.54, 1.807) is 18.2 Å². The molecule has 4 heteroatoms. The maximum Gasteiger partial charge on any atom is 0.120 e. The molecule has 0 spiro atoms.